The van der Waals surface area contributed by atoms with Crippen LogP contribution < -0.4 is 0 Å². The van der Waals surface area contributed by atoms with Crippen molar-refractivity contribution in [2.75, 3.05) is 39.6 Å². The van der Waals surface area contributed by atoms with Gasteiger partial charge in [0.25, 0.3) is 0 Å². The van der Waals surface area contributed by atoms with E-state index in [0.717, 1.165) is 121 Å². The summed E-state index contributed by atoms with van der Waals surface area (Å²) in [5.41, 5.74) is 0. The molecule has 0 amide bonds. The van der Waals surface area contributed by atoms with Crippen molar-refractivity contribution in [2.45, 2.75) is 336 Å². The molecule has 17 nitrogen and oxygen atoms in total. The monoisotopic (exact) mass is 1280 g/mol. The highest BCUT2D eigenvalue weighted by atomic mass is 31.2. The average Bonchev–Trinajstić information content (AvgIpc) is 3.69. The molecule has 0 fully saturated rings. The summed E-state index contributed by atoms with van der Waals surface area (Å²) in [6.07, 6.45) is 47.3. The van der Waals surface area contributed by atoms with Crippen LogP contribution in [-0.4, -0.2) is 96.7 Å². The number of unbranched alkanes of at least 4 members (excludes halogenated alkanes) is 32. The Hall–Kier alpha value is -2.46. The molecule has 0 saturated carbocycles. The van der Waals surface area contributed by atoms with E-state index in [1.165, 1.54) is 109 Å². The van der Waals surface area contributed by atoms with Crippen LogP contribution in [0.3, 0.4) is 0 Å². The van der Waals surface area contributed by atoms with E-state index in [1.54, 1.807) is 0 Å². The Balaban J connectivity index is 5.19. The van der Waals surface area contributed by atoms with E-state index in [2.05, 4.69) is 65.8 Å². The number of esters is 4. The van der Waals surface area contributed by atoms with Gasteiger partial charge in [-0.1, -0.05) is 265 Å². The quantitative estimate of drug-likeness (QED) is 0.0169. The minimum atomic E-state index is -4.96. The lowest BCUT2D eigenvalue weighted by Gasteiger charge is -2.21. The van der Waals surface area contributed by atoms with Crippen LogP contribution in [0.2, 0.25) is 0 Å². The van der Waals surface area contributed by atoms with Crippen molar-refractivity contribution in [1.82, 2.24) is 0 Å². The summed E-state index contributed by atoms with van der Waals surface area (Å²) in [7, 11) is -9.90. The minimum Gasteiger partial charge on any atom is -0.462 e. The van der Waals surface area contributed by atoms with Crippen molar-refractivity contribution < 1.29 is 80.2 Å². The zero-order chi connectivity index (χ0) is 64.3. The molecule has 0 aromatic rings. The van der Waals surface area contributed by atoms with Gasteiger partial charge in [0, 0.05) is 25.7 Å². The lowest BCUT2D eigenvalue weighted by Crippen LogP contribution is -2.30. The van der Waals surface area contributed by atoms with Crippen molar-refractivity contribution in [2.24, 2.45) is 11.8 Å². The molecule has 5 atom stereocenters. The Bertz CT molecular complexity index is 1790. The first-order chi connectivity index (χ1) is 41.9. The summed E-state index contributed by atoms with van der Waals surface area (Å²) in [6, 6.07) is 0. The first-order valence-corrected chi connectivity index (χ1v) is 37.8. The molecular formula is C68H128O17P2. The van der Waals surface area contributed by atoms with Crippen LogP contribution in [0, 0.1) is 11.8 Å². The van der Waals surface area contributed by atoms with Crippen LogP contribution in [0.4, 0.5) is 0 Å². The van der Waals surface area contributed by atoms with Gasteiger partial charge in [0.1, 0.15) is 19.3 Å². The fourth-order valence-electron chi connectivity index (χ4n) is 9.70. The SMILES string of the molecule is CCCCCC/C=C\C=C/CCCCCCCC(=O)OC[C@H](COP(=O)(O)OC[C@@H](O)COP(=O)(O)OC[C@@H](COC(=O)CCCCCCC)OC(=O)CCCCCCCCC(C)C)OC(=O)CCCCCCCCCCCCCCCCCC(C)C. The highest BCUT2D eigenvalue weighted by molar-refractivity contribution is 7.47. The molecule has 0 rings (SSSR count). The number of hydrogen-bond acceptors (Lipinski definition) is 15. The van der Waals surface area contributed by atoms with Gasteiger partial charge < -0.3 is 33.8 Å². The highest BCUT2D eigenvalue weighted by Crippen LogP contribution is 2.45. The van der Waals surface area contributed by atoms with Gasteiger partial charge in [-0.25, -0.2) is 9.13 Å². The summed E-state index contributed by atoms with van der Waals surface area (Å²) in [4.78, 5) is 72.1. The molecule has 0 bridgehead atoms. The van der Waals surface area contributed by atoms with E-state index >= 15 is 0 Å². The largest absolute Gasteiger partial charge is 0.472 e. The molecule has 0 aliphatic rings. The Morgan fingerprint density at radius 1 is 0.356 bits per heavy atom. The zero-order valence-corrected chi connectivity index (χ0v) is 57.6. The van der Waals surface area contributed by atoms with Gasteiger partial charge in [-0.2, -0.15) is 0 Å². The topological polar surface area (TPSA) is 237 Å². The second kappa shape index (κ2) is 59.8. The van der Waals surface area contributed by atoms with Gasteiger partial charge in [-0.15, -0.1) is 0 Å². The summed E-state index contributed by atoms with van der Waals surface area (Å²) >= 11 is 0. The number of ether oxygens (including phenoxy) is 4. The van der Waals surface area contributed by atoms with Gasteiger partial charge in [0.15, 0.2) is 12.2 Å². The molecule has 0 aliphatic carbocycles. The molecule has 0 radical (unpaired) electrons. The molecule has 19 heteroatoms. The lowest BCUT2D eigenvalue weighted by atomic mass is 10.0. The molecule has 0 spiro atoms. The fourth-order valence-corrected chi connectivity index (χ4v) is 11.3. The predicted octanol–water partition coefficient (Wildman–Crippen LogP) is 18.8. The molecule has 0 saturated heterocycles. The van der Waals surface area contributed by atoms with Crippen molar-refractivity contribution in [3.63, 3.8) is 0 Å². The second-order valence-corrected chi connectivity index (χ2v) is 27.7. The smallest absolute Gasteiger partial charge is 0.462 e. The zero-order valence-electron chi connectivity index (χ0n) is 55.8. The van der Waals surface area contributed by atoms with E-state index in [4.69, 9.17) is 37.0 Å². The van der Waals surface area contributed by atoms with Crippen molar-refractivity contribution in [1.29, 1.82) is 0 Å². The van der Waals surface area contributed by atoms with E-state index in [0.29, 0.717) is 31.6 Å². The Labute approximate surface area is 529 Å². The third-order valence-corrected chi connectivity index (χ3v) is 17.0. The summed E-state index contributed by atoms with van der Waals surface area (Å²) in [5.74, 6) is -0.705. The number of aliphatic hydroxyl groups excluding tert-OH is 1. The number of phosphoric ester groups is 2. The third kappa shape index (κ3) is 62.1. The summed E-state index contributed by atoms with van der Waals surface area (Å²) in [6.45, 7) is 9.30. The first kappa shape index (κ1) is 84.5. The molecule has 0 aliphatic heterocycles. The van der Waals surface area contributed by atoms with E-state index < -0.39 is 97.5 Å². The number of carbonyl (C=O) groups is 4. The number of allylic oxidation sites excluding steroid dienone is 4. The number of phosphoric acid groups is 2. The van der Waals surface area contributed by atoms with Crippen LogP contribution in [-0.2, 0) is 65.4 Å². The normalized spacial score (nSPS) is 14.4. The van der Waals surface area contributed by atoms with Crippen molar-refractivity contribution in [3.05, 3.63) is 24.3 Å². The fraction of sp³-hybridized carbons (Fsp3) is 0.882. The average molecular weight is 1280 g/mol. The first-order valence-electron chi connectivity index (χ1n) is 34.8. The molecule has 0 aromatic carbocycles. The maximum absolute atomic E-state index is 13.0. The van der Waals surface area contributed by atoms with Gasteiger partial charge in [-0.05, 0) is 63.2 Å². The molecule has 87 heavy (non-hydrogen) atoms. The van der Waals surface area contributed by atoms with Crippen LogP contribution in [0.1, 0.15) is 318 Å². The predicted molar refractivity (Wildman–Crippen MR) is 349 cm³/mol. The number of aliphatic hydroxyl groups is 1. The molecule has 2 unspecified atom stereocenters. The molecule has 512 valence electrons. The van der Waals surface area contributed by atoms with Crippen LogP contribution in [0.25, 0.3) is 0 Å². The summed E-state index contributed by atoms with van der Waals surface area (Å²) < 4.78 is 67.9. The number of hydrogen-bond donors (Lipinski definition) is 3. The lowest BCUT2D eigenvalue weighted by molar-refractivity contribution is -0.161. The number of carbonyl (C=O) groups excluding carboxylic acids is 4. The van der Waals surface area contributed by atoms with Crippen molar-refractivity contribution in [3.8, 4) is 0 Å². The Morgan fingerprint density at radius 2 is 0.621 bits per heavy atom. The highest BCUT2D eigenvalue weighted by Gasteiger charge is 2.30. The maximum atomic E-state index is 13.0. The van der Waals surface area contributed by atoms with Gasteiger partial charge in [-0.3, -0.25) is 37.3 Å². The van der Waals surface area contributed by atoms with Gasteiger partial charge >= 0.3 is 39.5 Å². The third-order valence-electron chi connectivity index (χ3n) is 15.1. The number of rotatable bonds is 65. The van der Waals surface area contributed by atoms with E-state index in [9.17, 15) is 43.2 Å². The molecule has 3 N–H and O–H groups in total. The Kier molecular flexibility index (Phi) is 58.1. The van der Waals surface area contributed by atoms with E-state index in [1.807, 2.05) is 0 Å². The standard InChI is InChI=1S/C68H128O17P2/c1-7-9-11-13-14-15-16-17-19-23-26-29-32-39-45-51-66(71)79-57-64(84-67(72)52-46-40-33-30-27-24-21-18-20-22-25-28-31-37-42-48-60(3)4)59-83-87(76,77)81-55-62(69)54-80-86(74,75)82-58-63(56-78-65(70)50-44-36-12-10-8-2)85-68(73)53-47-41-35-34-38-43-49-61(5)6/h15-17,19,60-64,69H,7-14,18,20-59H2,1-6H3,(H,74,75)(H,76,77)/b16-15-,19-17-/t62-,63+,64+/m0/s1. The van der Waals surface area contributed by atoms with Gasteiger partial charge in [0.2, 0.25) is 0 Å². The maximum Gasteiger partial charge on any atom is 0.472 e. The van der Waals surface area contributed by atoms with Gasteiger partial charge in [0.05, 0.1) is 26.4 Å². The van der Waals surface area contributed by atoms with Crippen molar-refractivity contribution >= 4 is 39.5 Å². The summed E-state index contributed by atoms with van der Waals surface area (Å²) in [5, 5.41) is 10.5. The Morgan fingerprint density at radius 3 is 0.943 bits per heavy atom. The van der Waals surface area contributed by atoms with E-state index in [-0.39, 0.29) is 25.7 Å². The van der Waals surface area contributed by atoms with Crippen LogP contribution >= 0.6 is 15.6 Å². The van der Waals surface area contributed by atoms with Crippen LogP contribution in [0.15, 0.2) is 24.3 Å². The molecular weight excluding hydrogens is 1150 g/mol. The second-order valence-electron chi connectivity index (χ2n) is 24.8. The van der Waals surface area contributed by atoms with Crippen LogP contribution in [0.5, 0.6) is 0 Å². The minimum absolute atomic E-state index is 0.0988. The molecule has 0 aromatic heterocycles. The molecule has 0 heterocycles.